The van der Waals surface area contributed by atoms with Crippen molar-refractivity contribution < 1.29 is 9.47 Å². The van der Waals surface area contributed by atoms with Gasteiger partial charge in [-0.05, 0) is 63.2 Å². The smallest absolute Gasteiger partial charge is 0.160 e. The van der Waals surface area contributed by atoms with Gasteiger partial charge in [-0.2, -0.15) is 5.26 Å². The van der Waals surface area contributed by atoms with Crippen LogP contribution in [-0.2, 0) is 9.47 Å². The number of nitrogens with zero attached hydrogens (tertiary/aromatic N) is 1. The summed E-state index contributed by atoms with van der Waals surface area (Å²) in [6.45, 7) is 5.29. The van der Waals surface area contributed by atoms with Gasteiger partial charge in [0, 0.05) is 5.92 Å². The maximum absolute atomic E-state index is 9.17. The molecular weight excluding hydrogens is 298 g/mol. The van der Waals surface area contributed by atoms with E-state index in [2.05, 4.69) is 13.0 Å². The Morgan fingerprint density at radius 1 is 0.875 bits per heavy atom. The Hall–Kier alpha value is -0.590. The molecule has 0 aromatic heterocycles. The molecule has 1 saturated heterocycles. The zero-order chi connectivity index (χ0) is 17.0. The summed E-state index contributed by atoms with van der Waals surface area (Å²) in [4.78, 5) is 0. The van der Waals surface area contributed by atoms with Gasteiger partial charge in [-0.3, -0.25) is 0 Å². The van der Waals surface area contributed by atoms with E-state index in [9.17, 15) is 0 Å². The summed E-state index contributed by atoms with van der Waals surface area (Å²) in [7, 11) is 0. The maximum Gasteiger partial charge on any atom is 0.160 e. The van der Waals surface area contributed by atoms with Gasteiger partial charge in [-0.1, -0.05) is 32.6 Å². The van der Waals surface area contributed by atoms with Gasteiger partial charge in [0.25, 0.3) is 0 Å². The van der Waals surface area contributed by atoms with Crippen LogP contribution in [0.25, 0.3) is 0 Å². The predicted molar refractivity (Wildman–Crippen MR) is 95.2 cm³/mol. The van der Waals surface area contributed by atoms with Crippen LogP contribution in [0.4, 0.5) is 0 Å². The Kier molecular flexibility index (Phi) is 6.22. The lowest BCUT2D eigenvalue weighted by Gasteiger charge is -2.41. The lowest BCUT2D eigenvalue weighted by Crippen LogP contribution is -2.43. The average Bonchev–Trinajstić information content (AvgIpc) is 2.64. The van der Waals surface area contributed by atoms with Crippen LogP contribution in [0.3, 0.4) is 0 Å². The molecule has 0 atom stereocenters. The van der Waals surface area contributed by atoms with E-state index < -0.39 is 5.41 Å². The van der Waals surface area contributed by atoms with E-state index in [0.29, 0.717) is 19.1 Å². The molecule has 3 heteroatoms. The Labute approximate surface area is 148 Å². The number of ether oxygens (including phenoxy) is 2. The van der Waals surface area contributed by atoms with Crippen LogP contribution in [0.2, 0.25) is 0 Å². The number of hydrogen-bond acceptors (Lipinski definition) is 3. The first-order valence-electron chi connectivity index (χ1n) is 10.3. The molecular formula is C21H35NO2. The fourth-order valence-corrected chi connectivity index (χ4v) is 5.20. The minimum atomic E-state index is -0.454. The first-order valence-corrected chi connectivity index (χ1v) is 10.3. The van der Waals surface area contributed by atoms with Crippen molar-refractivity contribution in [3.05, 3.63) is 0 Å². The van der Waals surface area contributed by atoms with Crippen LogP contribution in [0, 0.1) is 40.4 Å². The molecule has 0 spiro atoms. The van der Waals surface area contributed by atoms with Crippen molar-refractivity contribution >= 4 is 0 Å². The second-order valence-corrected chi connectivity index (χ2v) is 8.91. The van der Waals surface area contributed by atoms with E-state index in [1.807, 2.05) is 6.92 Å². The molecule has 24 heavy (non-hydrogen) atoms. The number of nitriles is 1. The molecule has 1 heterocycles. The highest BCUT2D eigenvalue weighted by atomic mass is 16.7. The zero-order valence-corrected chi connectivity index (χ0v) is 15.6. The first kappa shape index (κ1) is 18.2. The summed E-state index contributed by atoms with van der Waals surface area (Å²) in [5, 5.41) is 9.17. The van der Waals surface area contributed by atoms with Gasteiger partial charge < -0.3 is 9.47 Å². The molecule has 3 nitrogen and oxygen atoms in total. The molecule has 0 radical (unpaired) electrons. The summed E-state index contributed by atoms with van der Waals surface area (Å²) in [6, 6.07) is 2.32. The number of hydrogen-bond donors (Lipinski definition) is 0. The standard InChI is InChI=1S/C21H35NO2/c1-3-4-16-5-7-17(8-6-16)18-9-11-19(12-10-18)20-23-14-21(2,13-22)15-24-20/h16-20H,3-12,14-15H2,1-2H3. The SMILES string of the molecule is CCCC1CCC(C2CCC(C3OCC(C)(C#N)CO3)CC2)CC1. The summed E-state index contributed by atoms with van der Waals surface area (Å²) in [5.74, 6) is 3.48. The molecule has 3 aliphatic rings. The Morgan fingerprint density at radius 3 is 1.88 bits per heavy atom. The topological polar surface area (TPSA) is 42.2 Å². The van der Waals surface area contributed by atoms with Crippen LogP contribution < -0.4 is 0 Å². The van der Waals surface area contributed by atoms with Gasteiger partial charge in [-0.25, -0.2) is 0 Å². The minimum Gasteiger partial charge on any atom is -0.351 e. The van der Waals surface area contributed by atoms with E-state index in [4.69, 9.17) is 14.7 Å². The van der Waals surface area contributed by atoms with Crippen LogP contribution in [0.15, 0.2) is 0 Å². The normalized spacial score (nSPS) is 44.0. The molecule has 1 aliphatic heterocycles. The Morgan fingerprint density at radius 2 is 1.38 bits per heavy atom. The van der Waals surface area contributed by atoms with Crippen molar-refractivity contribution in [2.75, 3.05) is 13.2 Å². The van der Waals surface area contributed by atoms with Crippen molar-refractivity contribution in [3.63, 3.8) is 0 Å². The third-order valence-corrected chi connectivity index (χ3v) is 6.86. The van der Waals surface area contributed by atoms with Crippen LogP contribution in [0.1, 0.15) is 78.1 Å². The third kappa shape index (κ3) is 4.33. The summed E-state index contributed by atoms with van der Waals surface area (Å²) >= 11 is 0. The molecule has 0 aromatic carbocycles. The molecule has 0 N–H and O–H groups in total. The van der Waals surface area contributed by atoms with Crippen molar-refractivity contribution in [3.8, 4) is 6.07 Å². The highest BCUT2D eigenvalue weighted by Crippen LogP contribution is 2.43. The molecule has 2 aliphatic carbocycles. The monoisotopic (exact) mass is 333 g/mol. The van der Waals surface area contributed by atoms with Gasteiger partial charge in [0.1, 0.15) is 5.41 Å². The van der Waals surface area contributed by atoms with Gasteiger partial charge in [0.05, 0.1) is 19.3 Å². The van der Waals surface area contributed by atoms with E-state index in [1.165, 1.54) is 64.2 Å². The van der Waals surface area contributed by atoms with Crippen LogP contribution in [0.5, 0.6) is 0 Å². The molecule has 0 unspecified atom stereocenters. The Bertz CT molecular complexity index is 420. The molecule has 0 bridgehead atoms. The van der Waals surface area contributed by atoms with Crippen molar-refractivity contribution in [2.45, 2.75) is 84.3 Å². The molecule has 3 fully saturated rings. The maximum atomic E-state index is 9.17. The highest BCUT2D eigenvalue weighted by molar-refractivity contribution is 4.97. The van der Waals surface area contributed by atoms with Crippen molar-refractivity contribution in [1.82, 2.24) is 0 Å². The van der Waals surface area contributed by atoms with E-state index in [-0.39, 0.29) is 6.29 Å². The fourth-order valence-electron chi connectivity index (χ4n) is 5.20. The lowest BCUT2D eigenvalue weighted by molar-refractivity contribution is -0.240. The van der Waals surface area contributed by atoms with E-state index in [1.54, 1.807) is 0 Å². The van der Waals surface area contributed by atoms with Gasteiger partial charge in [0.15, 0.2) is 6.29 Å². The zero-order valence-electron chi connectivity index (χ0n) is 15.6. The van der Waals surface area contributed by atoms with Crippen LogP contribution >= 0.6 is 0 Å². The first-order chi connectivity index (χ1) is 11.6. The fraction of sp³-hybridized carbons (Fsp3) is 0.952. The summed E-state index contributed by atoms with van der Waals surface area (Å²) < 4.78 is 11.8. The van der Waals surface area contributed by atoms with Gasteiger partial charge >= 0.3 is 0 Å². The largest absolute Gasteiger partial charge is 0.351 e. The van der Waals surface area contributed by atoms with E-state index in [0.717, 1.165) is 17.8 Å². The van der Waals surface area contributed by atoms with Crippen molar-refractivity contribution in [1.29, 1.82) is 5.26 Å². The highest BCUT2D eigenvalue weighted by Gasteiger charge is 2.39. The summed E-state index contributed by atoms with van der Waals surface area (Å²) in [5.41, 5.74) is -0.454. The Balaban J connectivity index is 1.40. The summed E-state index contributed by atoms with van der Waals surface area (Å²) in [6.07, 6.45) is 13.8. The van der Waals surface area contributed by atoms with E-state index >= 15 is 0 Å². The van der Waals surface area contributed by atoms with Crippen molar-refractivity contribution in [2.24, 2.45) is 29.1 Å². The molecule has 3 rings (SSSR count). The predicted octanol–water partition coefficient (Wildman–Crippen LogP) is 5.30. The van der Waals surface area contributed by atoms with Crippen LogP contribution in [-0.4, -0.2) is 19.5 Å². The number of rotatable bonds is 4. The molecule has 2 saturated carbocycles. The second-order valence-electron chi connectivity index (χ2n) is 8.91. The molecule has 0 amide bonds. The second kappa shape index (κ2) is 8.19. The van der Waals surface area contributed by atoms with Gasteiger partial charge in [-0.15, -0.1) is 0 Å². The average molecular weight is 334 g/mol. The minimum absolute atomic E-state index is 0.0623. The lowest BCUT2D eigenvalue weighted by atomic mass is 9.68. The molecule has 0 aromatic rings. The molecule has 136 valence electrons. The third-order valence-electron chi connectivity index (χ3n) is 6.86. The van der Waals surface area contributed by atoms with Gasteiger partial charge in [0.2, 0.25) is 0 Å². The quantitative estimate of drug-likeness (QED) is 0.701.